The second kappa shape index (κ2) is 7.72. The molecule has 2 aromatic rings. The van der Waals surface area contributed by atoms with Crippen molar-refractivity contribution < 1.29 is 9.32 Å². The molecular formula is C21H29N3O2. The van der Waals surface area contributed by atoms with E-state index in [-0.39, 0.29) is 5.78 Å². The standard InChI is InChI=1S/C21H29N3O2/c1-14-10-15(2)21(18(5)25)17(4)20(14)13-24-8-6-23(7-9-24)12-19-11-16(3)26-22-19/h10-11H,6-9,12-13H2,1-5H3. The Hall–Kier alpha value is -1.98. The summed E-state index contributed by atoms with van der Waals surface area (Å²) in [5, 5.41) is 4.09. The maximum Gasteiger partial charge on any atom is 0.160 e. The van der Waals surface area contributed by atoms with E-state index in [4.69, 9.17) is 4.52 Å². The Morgan fingerprint density at radius 2 is 1.62 bits per heavy atom. The van der Waals surface area contributed by atoms with E-state index in [2.05, 4.69) is 34.9 Å². The van der Waals surface area contributed by atoms with Gasteiger partial charge in [0.25, 0.3) is 0 Å². The number of hydrogen-bond donors (Lipinski definition) is 0. The van der Waals surface area contributed by atoms with Gasteiger partial charge < -0.3 is 4.52 Å². The molecule has 0 saturated carbocycles. The lowest BCUT2D eigenvalue weighted by atomic mass is 9.91. The van der Waals surface area contributed by atoms with Crippen molar-refractivity contribution in [2.24, 2.45) is 0 Å². The van der Waals surface area contributed by atoms with Crippen LogP contribution in [0.25, 0.3) is 0 Å². The number of rotatable bonds is 5. The molecule has 0 unspecified atom stereocenters. The summed E-state index contributed by atoms with van der Waals surface area (Å²) in [6.45, 7) is 15.7. The SMILES string of the molecule is CC(=O)c1c(C)cc(C)c(CN2CCN(Cc3cc(C)on3)CC2)c1C. The Bertz CT molecular complexity index is 802. The van der Waals surface area contributed by atoms with E-state index in [1.807, 2.05) is 19.9 Å². The summed E-state index contributed by atoms with van der Waals surface area (Å²) in [5.74, 6) is 1.03. The Labute approximate surface area is 156 Å². The molecular weight excluding hydrogens is 326 g/mol. The van der Waals surface area contributed by atoms with Crippen LogP contribution in [0.2, 0.25) is 0 Å². The number of benzene rings is 1. The van der Waals surface area contributed by atoms with Gasteiger partial charge in [0.05, 0.1) is 5.69 Å². The first kappa shape index (κ1) is 18.8. The number of aryl methyl sites for hydroxylation is 3. The van der Waals surface area contributed by atoms with Crippen molar-refractivity contribution in [3.63, 3.8) is 0 Å². The topological polar surface area (TPSA) is 49.6 Å². The fourth-order valence-electron chi connectivity index (χ4n) is 4.06. The third kappa shape index (κ3) is 4.05. The van der Waals surface area contributed by atoms with Gasteiger partial charge in [-0.15, -0.1) is 0 Å². The van der Waals surface area contributed by atoms with E-state index in [1.54, 1.807) is 6.92 Å². The number of ketones is 1. The lowest BCUT2D eigenvalue weighted by molar-refractivity contribution is 0.101. The molecule has 1 aliphatic heterocycles. The van der Waals surface area contributed by atoms with Crippen LogP contribution in [0.3, 0.4) is 0 Å². The number of aromatic nitrogens is 1. The van der Waals surface area contributed by atoms with Gasteiger partial charge in [-0.05, 0) is 56.9 Å². The number of hydrogen-bond acceptors (Lipinski definition) is 5. The molecule has 0 aliphatic carbocycles. The maximum atomic E-state index is 12.0. The summed E-state index contributed by atoms with van der Waals surface area (Å²) in [6, 6.07) is 4.16. The Kier molecular flexibility index (Phi) is 5.58. The maximum absolute atomic E-state index is 12.0. The van der Waals surface area contributed by atoms with Gasteiger partial charge in [-0.25, -0.2) is 0 Å². The molecule has 2 heterocycles. The normalized spacial score (nSPS) is 16.2. The van der Waals surface area contributed by atoms with Gasteiger partial charge in [-0.3, -0.25) is 14.6 Å². The van der Waals surface area contributed by atoms with E-state index in [0.717, 1.165) is 67.4 Å². The summed E-state index contributed by atoms with van der Waals surface area (Å²) in [5.41, 5.74) is 6.73. The van der Waals surface area contributed by atoms with Crippen LogP contribution < -0.4 is 0 Å². The average molecular weight is 355 g/mol. The van der Waals surface area contributed by atoms with E-state index >= 15 is 0 Å². The van der Waals surface area contributed by atoms with Crippen molar-refractivity contribution in [1.82, 2.24) is 15.0 Å². The van der Waals surface area contributed by atoms with Gasteiger partial charge in [0.2, 0.25) is 0 Å². The van der Waals surface area contributed by atoms with Crippen LogP contribution in [0, 0.1) is 27.7 Å². The van der Waals surface area contributed by atoms with E-state index in [9.17, 15) is 4.79 Å². The second-order valence-corrected chi connectivity index (χ2v) is 7.53. The van der Waals surface area contributed by atoms with Crippen LogP contribution in [0.5, 0.6) is 0 Å². The average Bonchev–Trinajstić information content (AvgIpc) is 2.97. The molecule has 0 amide bonds. The Morgan fingerprint density at radius 3 is 2.15 bits per heavy atom. The van der Waals surface area contributed by atoms with Crippen molar-refractivity contribution in [3.05, 3.63) is 51.4 Å². The predicted octanol–water partition coefficient (Wildman–Crippen LogP) is 3.43. The Balaban J connectivity index is 1.64. The fraction of sp³-hybridized carbons (Fsp3) is 0.524. The minimum atomic E-state index is 0.161. The quantitative estimate of drug-likeness (QED) is 0.769. The molecule has 5 heteroatoms. The molecule has 1 aromatic heterocycles. The summed E-state index contributed by atoms with van der Waals surface area (Å²) in [7, 11) is 0. The van der Waals surface area contributed by atoms with Crippen molar-refractivity contribution in [1.29, 1.82) is 0 Å². The molecule has 0 atom stereocenters. The van der Waals surface area contributed by atoms with Crippen LogP contribution in [0.15, 0.2) is 16.7 Å². The molecule has 5 nitrogen and oxygen atoms in total. The number of piperazine rings is 1. The third-order valence-electron chi connectivity index (χ3n) is 5.39. The van der Waals surface area contributed by atoms with Crippen molar-refractivity contribution >= 4 is 5.78 Å². The first-order chi connectivity index (χ1) is 12.3. The van der Waals surface area contributed by atoms with Crippen LogP contribution >= 0.6 is 0 Å². The number of carbonyl (C=O) groups is 1. The van der Waals surface area contributed by atoms with E-state index in [0.29, 0.717) is 0 Å². The van der Waals surface area contributed by atoms with Crippen molar-refractivity contribution in [3.8, 4) is 0 Å². The van der Waals surface area contributed by atoms with Gasteiger partial charge in [-0.2, -0.15) is 0 Å². The molecule has 0 radical (unpaired) electrons. The molecule has 0 spiro atoms. The van der Waals surface area contributed by atoms with Gasteiger partial charge in [-0.1, -0.05) is 11.2 Å². The molecule has 1 aliphatic rings. The lowest BCUT2D eigenvalue weighted by Crippen LogP contribution is -2.45. The van der Waals surface area contributed by atoms with Crippen molar-refractivity contribution in [2.75, 3.05) is 26.2 Å². The first-order valence-corrected chi connectivity index (χ1v) is 9.32. The zero-order valence-corrected chi connectivity index (χ0v) is 16.6. The molecule has 1 saturated heterocycles. The van der Waals surface area contributed by atoms with Gasteiger partial charge in [0.1, 0.15) is 5.76 Å². The predicted molar refractivity (Wildman–Crippen MR) is 102 cm³/mol. The van der Waals surface area contributed by atoms with Crippen LogP contribution in [-0.2, 0) is 13.1 Å². The lowest BCUT2D eigenvalue weighted by Gasteiger charge is -2.35. The highest BCUT2D eigenvalue weighted by Crippen LogP contribution is 2.24. The second-order valence-electron chi connectivity index (χ2n) is 7.53. The minimum absolute atomic E-state index is 0.161. The molecule has 26 heavy (non-hydrogen) atoms. The number of Topliss-reactive ketones (excluding diaryl/α,β-unsaturated/α-hetero) is 1. The van der Waals surface area contributed by atoms with Crippen LogP contribution in [0.1, 0.15) is 51.0 Å². The van der Waals surface area contributed by atoms with Gasteiger partial charge in [0.15, 0.2) is 5.78 Å². The molecule has 1 fully saturated rings. The van der Waals surface area contributed by atoms with Gasteiger partial charge in [0, 0.05) is 50.9 Å². The first-order valence-electron chi connectivity index (χ1n) is 9.32. The van der Waals surface area contributed by atoms with Gasteiger partial charge >= 0.3 is 0 Å². The molecule has 3 rings (SSSR count). The van der Waals surface area contributed by atoms with Crippen LogP contribution in [-0.4, -0.2) is 46.9 Å². The summed E-state index contributed by atoms with van der Waals surface area (Å²) < 4.78 is 5.16. The smallest absolute Gasteiger partial charge is 0.160 e. The highest BCUT2D eigenvalue weighted by Gasteiger charge is 2.21. The summed E-state index contributed by atoms with van der Waals surface area (Å²) >= 11 is 0. The van der Waals surface area contributed by atoms with Crippen LogP contribution in [0.4, 0.5) is 0 Å². The molecule has 0 bridgehead atoms. The number of nitrogens with zero attached hydrogens (tertiary/aromatic N) is 3. The van der Waals surface area contributed by atoms with Crippen molar-refractivity contribution in [2.45, 2.75) is 47.7 Å². The summed E-state index contributed by atoms with van der Waals surface area (Å²) in [6.07, 6.45) is 0. The minimum Gasteiger partial charge on any atom is -0.361 e. The molecule has 1 aromatic carbocycles. The monoisotopic (exact) mass is 355 g/mol. The highest BCUT2D eigenvalue weighted by molar-refractivity contribution is 5.97. The van der Waals surface area contributed by atoms with E-state index < -0.39 is 0 Å². The highest BCUT2D eigenvalue weighted by atomic mass is 16.5. The Morgan fingerprint density at radius 1 is 1.00 bits per heavy atom. The van der Waals surface area contributed by atoms with E-state index in [1.165, 1.54) is 11.1 Å². The molecule has 0 N–H and O–H groups in total. The number of carbonyl (C=O) groups excluding carboxylic acids is 1. The fourth-order valence-corrected chi connectivity index (χ4v) is 4.06. The third-order valence-corrected chi connectivity index (χ3v) is 5.39. The molecule has 140 valence electrons. The summed E-state index contributed by atoms with van der Waals surface area (Å²) in [4.78, 5) is 16.9. The largest absolute Gasteiger partial charge is 0.361 e. The zero-order valence-electron chi connectivity index (χ0n) is 16.6. The zero-order chi connectivity index (χ0) is 18.8.